The van der Waals surface area contributed by atoms with Gasteiger partial charge in [-0.1, -0.05) is 174 Å². The molecule has 0 bridgehead atoms. The second kappa shape index (κ2) is 32.4. The molecule has 264 valence electrons. The number of esters is 3. The van der Waals surface area contributed by atoms with E-state index in [2.05, 4.69) is 6.92 Å². The summed E-state index contributed by atoms with van der Waals surface area (Å²) in [6, 6.07) is 0. The quantitative estimate of drug-likeness (QED) is 0.0846. The van der Waals surface area contributed by atoms with Gasteiger partial charge in [0.25, 0.3) is 0 Å². The van der Waals surface area contributed by atoms with Crippen molar-refractivity contribution in [2.45, 2.75) is 218 Å². The largest absolute Gasteiger partial charge is 0.462 e. The van der Waals surface area contributed by atoms with Crippen LogP contribution in [0.1, 0.15) is 212 Å². The number of carbonyl (C=O) groups is 3. The van der Waals surface area contributed by atoms with Crippen molar-refractivity contribution in [3.8, 4) is 0 Å². The molecule has 1 heterocycles. The first kappa shape index (κ1) is 41.4. The number of hydrogen-bond donors (Lipinski definition) is 0. The summed E-state index contributed by atoms with van der Waals surface area (Å²) in [5.41, 5.74) is 0. The Morgan fingerprint density at radius 1 is 0.556 bits per heavy atom. The van der Waals surface area contributed by atoms with Gasteiger partial charge in [0.15, 0.2) is 6.10 Å². The summed E-state index contributed by atoms with van der Waals surface area (Å²) in [4.78, 5) is 37.2. The second-order valence-corrected chi connectivity index (χ2v) is 13.6. The minimum absolute atomic E-state index is 0.0587. The van der Waals surface area contributed by atoms with E-state index in [1.807, 2.05) is 0 Å². The number of rotatable bonds is 18. The molecule has 0 N–H and O–H groups in total. The van der Waals surface area contributed by atoms with Crippen LogP contribution in [0.4, 0.5) is 0 Å². The van der Waals surface area contributed by atoms with Gasteiger partial charge in [0.1, 0.15) is 13.2 Å². The van der Waals surface area contributed by atoms with E-state index in [1.165, 1.54) is 128 Å². The van der Waals surface area contributed by atoms with Crippen molar-refractivity contribution in [2.24, 2.45) is 0 Å². The fourth-order valence-electron chi connectivity index (χ4n) is 6.18. The van der Waals surface area contributed by atoms with Crippen LogP contribution < -0.4 is 0 Å². The van der Waals surface area contributed by atoms with Crippen LogP contribution in [0.15, 0.2) is 0 Å². The predicted molar refractivity (Wildman–Crippen MR) is 185 cm³/mol. The lowest BCUT2D eigenvalue weighted by molar-refractivity contribution is -0.167. The van der Waals surface area contributed by atoms with Crippen LogP contribution in [0.25, 0.3) is 0 Å². The van der Waals surface area contributed by atoms with Crippen LogP contribution in [-0.2, 0) is 28.6 Å². The van der Waals surface area contributed by atoms with Gasteiger partial charge in [-0.2, -0.15) is 0 Å². The molecule has 45 heavy (non-hydrogen) atoms. The maximum absolute atomic E-state index is 12.5. The van der Waals surface area contributed by atoms with Gasteiger partial charge < -0.3 is 14.2 Å². The van der Waals surface area contributed by atoms with Crippen molar-refractivity contribution >= 4 is 17.9 Å². The lowest BCUT2D eigenvalue weighted by atomic mass is 10.0. The fraction of sp³-hybridized carbons (Fsp3) is 0.923. The molecule has 6 heteroatoms. The summed E-state index contributed by atoms with van der Waals surface area (Å²) in [5, 5.41) is 0. The minimum Gasteiger partial charge on any atom is -0.462 e. The third kappa shape index (κ3) is 29.6. The maximum Gasteiger partial charge on any atom is 0.306 e. The summed E-state index contributed by atoms with van der Waals surface area (Å²) in [7, 11) is 0. The molecule has 1 saturated heterocycles. The van der Waals surface area contributed by atoms with Gasteiger partial charge in [-0.25, -0.2) is 0 Å². The molecule has 1 aliphatic heterocycles. The average molecular weight is 637 g/mol. The number of carbonyl (C=O) groups excluding carboxylic acids is 3. The molecular formula is C39H72O6. The molecule has 0 aliphatic carbocycles. The van der Waals surface area contributed by atoms with Gasteiger partial charge in [0.05, 0.1) is 0 Å². The fourth-order valence-corrected chi connectivity index (χ4v) is 6.18. The molecular weight excluding hydrogens is 564 g/mol. The summed E-state index contributed by atoms with van der Waals surface area (Å²) in [6.07, 6.45) is 35.9. The van der Waals surface area contributed by atoms with Gasteiger partial charge in [-0.15, -0.1) is 0 Å². The highest BCUT2D eigenvalue weighted by Crippen LogP contribution is 2.16. The van der Waals surface area contributed by atoms with Gasteiger partial charge in [-0.05, 0) is 19.3 Å². The van der Waals surface area contributed by atoms with E-state index in [9.17, 15) is 14.4 Å². The van der Waals surface area contributed by atoms with Gasteiger partial charge in [0.2, 0.25) is 0 Å². The molecule has 1 aliphatic rings. The summed E-state index contributed by atoms with van der Waals surface area (Å²) < 4.78 is 16.5. The van der Waals surface area contributed by atoms with E-state index in [-0.39, 0.29) is 31.1 Å². The first-order valence-corrected chi connectivity index (χ1v) is 19.6. The molecule has 0 aromatic heterocycles. The predicted octanol–water partition coefficient (Wildman–Crippen LogP) is 11.5. The van der Waals surface area contributed by atoms with Crippen molar-refractivity contribution in [1.29, 1.82) is 0 Å². The van der Waals surface area contributed by atoms with Gasteiger partial charge >= 0.3 is 17.9 Å². The van der Waals surface area contributed by atoms with Crippen LogP contribution in [0.3, 0.4) is 0 Å². The van der Waals surface area contributed by atoms with Crippen molar-refractivity contribution in [3.63, 3.8) is 0 Å². The molecule has 6 nitrogen and oxygen atoms in total. The molecule has 0 saturated carbocycles. The topological polar surface area (TPSA) is 78.9 Å². The Kier molecular flexibility index (Phi) is 29.8. The Bertz CT molecular complexity index is 693. The number of ether oxygens (including phenoxy) is 3. The lowest BCUT2D eigenvalue weighted by Gasteiger charge is -2.18. The van der Waals surface area contributed by atoms with E-state index < -0.39 is 6.10 Å². The Labute approximate surface area is 277 Å². The monoisotopic (exact) mass is 637 g/mol. The standard InChI is InChI=1S/C39H72O6/c1-2-3-4-5-6-7-8-9-10-13-16-19-22-25-28-31-37(40)43-34-36-35-44-38(41)32-29-26-23-20-17-14-11-12-15-18-21-24-27-30-33-39(42)45-36/h36H,2-35H2,1H3. The van der Waals surface area contributed by atoms with E-state index in [0.717, 1.165) is 57.8 Å². The Balaban J connectivity index is 2.22. The molecule has 0 spiro atoms. The third-order valence-electron chi connectivity index (χ3n) is 9.15. The molecule has 0 radical (unpaired) electrons. The minimum atomic E-state index is -0.746. The summed E-state index contributed by atoms with van der Waals surface area (Å²) in [5.74, 6) is -0.857. The first-order chi connectivity index (χ1) is 22.1. The molecule has 0 aromatic rings. The molecule has 1 atom stereocenters. The zero-order valence-electron chi connectivity index (χ0n) is 29.6. The van der Waals surface area contributed by atoms with E-state index in [1.54, 1.807) is 0 Å². The number of cyclic esters (lactones) is 2. The summed E-state index contributed by atoms with van der Waals surface area (Å²) in [6.45, 7) is 2.15. The van der Waals surface area contributed by atoms with Crippen LogP contribution >= 0.6 is 0 Å². The lowest BCUT2D eigenvalue weighted by Crippen LogP contribution is -2.30. The third-order valence-corrected chi connectivity index (χ3v) is 9.15. The van der Waals surface area contributed by atoms with Crippen LogP contribution in [0.5, 0.6) is 0 Å². The highest BCUT2D eigenvalue weighted by molar-refractivity contribution is 5.71. The van der Waals surface area contributed by atoms with Crippen molar-refractivity contribution < 1.29 is 28.6 Å². The van der Waals surface area contributed by atoms with Crippen LogP contribution in [0, 0.1) is 0 Å². The SMILES string of the molecule is CCCCCCCCCCCCCCCCCC(=O)OCC1COC(=O)CCCCCCCCCCCCCCCCC(=O)O1. The molecule has 0 aromatic carbocycles. The van der Waals surface area contributed by atoms with Gasteiger partial charge in [-0.3, -0.25) is 14.4 Å². The summed E-state index contributed by atoms with van der Waals surface area (Å²) >= 11 is 0. The Morgan fingerprint density at radius 2 is 0.933 bits per heavy atom. The molecule has 0 amide bonds. The first-order valence-electron chi connectivity index (χ1n) is 19.6. The zero-order chi connectivity index (χ0) is 32.5. The highest BCUT2D eigenvalue weighted by atomic mass is 16.6. The number of unbranched alkanes of at least 4 members (excludes halogenated alkanes) is 14. The van der Waals surface area contributed by atoms with Crippen molar-refractivity contribution in [3.05, 3.63) is 0 Å². The second-order valence-electron chi connectivity index (χ2n) is 13.6. The molecule has 1 unspecified atom stereocenters. The molecule has 1 fully saturated rings. The Morgan fingerprint density at radius 3 is 1.38 bits per heavy atom. The van der Waals surface area contributed by atoms with E-state index in [4.69, 9.17) is 14.2 Å². The smallest absolute Gasteiger partial charge is 0.306 e. The van der Waals surface area contributed by atoms with E-state index >= 15 is 0 Å². The van der Waals surface area contributed by atoms with Crippen molar-refractivity contribution in [2.75, 3.05) is 13.2 Å². The van der Waals surface area contributed by atoms with Gasteiger partial charge in [0, 0.05) is 19.3 Å². The van der Waals surface area contributed by atoms with Crippen molar-refractivity contribution in [1.82, 2.24) is 0 Å². The normalized spacial score (nSPS) is 19.1. The highest BCUT2D eigenvalue weighted by Gasteiger charge is 2.19. The van der Waals surface area contributed by atoms with E-state index in [0.29, 0.717) is 19.3 Å². The van der Waals surface area contributed by atoms with Crippen LogP contribution in [-0.4, -0.2) is 37.2 Å². The zero-order valence-corrected chi connectivity index (χ0v) is 29.6. The maximum atomic E-state index is 12.5. The Hall–Kier alpha value is -1.59. The number of hydrogen-bond acceptors (Lipinski definition) is 6. The van der Waals surface area contributed by atoms with Crippen LogP contribution in [0.2, 0.25) is 0 Å². The molecule has 1 rings (SSSR count). The average Bonchev–Trinajstić information content (AvgIpc) is 3.03.